The van der Waals surface area contributed by atoms with Crippen molar-refractivity contribution in [2.24, 2.45) is 0 Å². The smallest absolute Gasteiger partial charge is 0.203 e. The topological polar surface area (TPSA) is 46.5 Å². The highest BCUT2D eigenvalue weighted by Crippen LogP contribution is 2.41. The third kappa shape index (κ3) is 3.30. The van der Waals surface area contributed by atoms with Crippen LogP contribution in [-0.2, 0) is 0 Å². The van der Waals surface area contributed by atoms with Crippen molar-refractivity contribution in [1.29, 1.82) is 0 Å². The van der Waals surface area contributed by atoms with Crippen LogP contribution < -0.4 is 4.74 Å². The van der Waals surface area contributed by atoms with Crippen LogP contribution in [0.5, 0.6) is 11.5 Å². The van der Waals surface area contributed by atoms with E-state index in [1.807, 2.05) is 61.5 Å². The number of carbonyl (C=O) groups excluding carboxylic acids is 1. The summed E-state index contributed by atoms with van der Waals surface area (Å²) in [5, 5.41) is 10.8. The van der Waals surface area contributed by atoms with Crippen LogP contribution in [0, 0.1) is 6.92 Å². The van der Waals surface area contributed by atoms with E-state index in [9.17, 15) is 9.90 Å². The van der Waals surface area contributed by atoms with Crippen LogP contribution in [0.25, 0.3) is 21.2 Å². The highest BCUT2D eigenvalue weighted by Gasteiger charge is 2.21. The number of aryl methyl sites for hydroxylation is 1. The average Bonchev–Trinajstić information content (AvgIpc) is 3.07. The van der Waals surface area contributed by atoms with Gasteiger partial charge in [0.05, 0.1) is 11.1 Å². The minimum Gasteiger partial charge on any atom is -0.508 e. The van der Waals surface area contributed by atoms with Crippen molar-refractivity contribution in [3.8, 4) is 22.6 Å². The molecule has 4 heteroatoms. The molecule has 4 aromatic rings. The number of fused-ring (bicyclic) bond motifs is 1. The first-order chi connectivity index (χ1) is 13.6. The Hall–Kier alpha value is -3.37. The monoisotopic (exact) mass is 386 g/mol. The van der Waals surface area contributed by atoms with Gasteiger partial charge < -0.3 is 9.84 Å². The number of ketones is 1. The normalized spacial score (nSPS) is 10.8. The van der Waals surface area contributed by atoms with Crippen molar-refractivity contribution in [3.63, 3.8) is 0 Å². The lowest BCUT2D eigenvalue weighted by Crippen LogP contribution is -2.00. The zero-order chi connectivity index (χ0) is 19.7. The Morgan fingerprint density at radius 2 is 1.75 bits per heavy atom. The van der Waals surface area contributed by atoms with E-state index in [4.69, 9.17) is 4.74 Å². The predicted octanol–water partition coefficient (Wildman–Crippen LogP) is 6.34. The highest BCUT2D eigenvalue weighted by molar-refractivity contribution is 7.21. The van der Waals surface area contributed by atoms with Gasteiger partial charge in [-0.1, -0.05) is 48.5 Å². The Labute approximate surface area is 167 Å². The van der Waals surface area contributed by atoms with Crippen molar-refractivity contribution in [3.05, 3.63) is 95.6 Å². The lowest BCUT2D eigenvalue weighted by Gasteiger charge is -2.07. The Morgan fingerprint density at radius 3 is 2.43 bits per heavy atom. The van der Waals surface area contributed by atoms with Crippen LogP contribution in [0.1, 0.15) is 20.8 Å². The van der Waals surface area contributed by atoms with Gasteiger partial charge in [-0.2, -0.15) is 0 Å². The molecule has 0 radical (unpaired) electrons. The first-order valence-corrected chi connectivity index (χ1v) is 9.63. The van der Waals surface area contributed by atoms with Gasteiger partial charge in [0.2, 0.25) is 5.78 Å². The van der Waals surface area contributed by atoms with Crippen LogP contribution in [0.4, 0.5) is 0 Å². The molecule has 0 amide bonds. The molecule has 0 aliphatic carbocycles. The second kappa shape index (κ2) is 7.33. The molecule has 0 saturated heterocycles. The number of hydrogen-bond acceptors (Lipinski definition) is 4. The lowest BCUT2D eigenvalue weighted by atomic mass is 9.98. The molecular formula is C24H18O3S. The molecule has 3 nitrogen and oxygen atoms in total. The molecule has 0 fully saturated rings. The van der Waals surface area contributed by atoms with Crippen LogP contribution in [-0.4, -0.2) is 10.9 Å². The summed E-state index contributed by atoms with van der Waals surface area (Å²) in [6.07, 6.45) is 1.38. The average molecular weight is 386 g/mol. The molecule has 1 aromatic heterocycles. The summed E-state index contributed by atoms with van der Waals surface area (Å²) >= 11 is 1.40. The molecule has 0 spiro atoms. The minimum absolute atomic E-state index is 0.0258. The van der Waals surface area contributed by atoms with E-state index in [0.29, 0.717) is 16.2 Å². The summed E-state index contributed by atoms with van der Waals surface area (Å²) in [4.78, 5) is 13.9. The van der Waals surface area contributed by atoms with E-state index in [1.54, 1.807) is 12.1 Å². The molecule has 0 saturated carbocycles. The van der Waals surface area contributed by atoms with Crippen molar-refractivity contribution < 1.29 is 14.6 Å². The van der Waals surface area contributed by atoms with Crippen molar-refractivity contribution in [2.45, 2.75) is 6.92 Å². The van der Waals surface area contributed by atoms with E-state index in [0.717, 1.165) is 26.8 Å². The molecule has 1 N–H and O–H groups in total. The van der Waals surface area contributed by atoms with Crippen LogP contribution in [0.3, 0.4) is 0 Å². The molecule has 0 bridgehead atoms. The minimum atomic E-state index is -0.0258. The SMILES string of the molecule is C=COc1ccc(-c2c(C(=O)c3ccc(C)cc3)sc3cc(O)ccc23)cc1. The fraction of sp³-hybridized carbons (Fsp3) is 0.0417. The Balaban J connectivity index is 1.90. The van der Waals surface area contributed by atoms with Gasteiger partial charge in [0.1, 0.15) is 11.5 Å². The molecule has 0 atom stereocenters. The molecule has 4 rings (SSSR count). The number of phenolic OH excluding ortho intramolecular Hbond substituents is 1. The maximum absolute atomic E-state index is 13.3. The van der Waals surface area contributed by atoms with E-state index < -0.39 is 0 Å². The number of benzene rings is 3. The van der Waals surface area contributed by atoms with Gasteiger partial charge in [-0.05, 0) is 42.8 Å². The Kier molecular flexibility index (Phi) is 4.72. The molecule has 0 unspecified atom stereocenters. The fourth-order valence-corrected chi connectivity index (χ4v) is 4.38. The Bertz CT molecular complexity index is 1170. The largest absolute Gasteiger partial charge is 0.508 e. The summed E-state index contributed by atoms with van der Waals surface area (Å²) in [6, 6.07) is 20.3. The standard InChI is InChI=1S/C24H18O3S/c1-3-27-19-11-8-16(9-12-19)22-20-13-10-18(25)14-21(20)28-24(22)23(26)17-6-4-15(2)5-7-17/h3-14,25H,1H2,2H3. The van der Waals surface area contributed by atoms with Gasteiger partial charge in [-0.25, -0.2) is 0 Å². The number of thiophene rings is 1. The van der Waals surface area contributed by atoms with Gasteiger partial charge in [-0.3, -0.25) is 4.79 Å². The predicted molar refractivity (Wildman–Crippen MR) is 114 cm³/mol. The first-order valence-electron chi connectivity index (χ1n) is 8.81. The summed E-state index contributed by atoms with van der Waals surface area (Å²) in [6.45, 7) is 5.56. The van der Waals surface area contributed by atoms with Gasteiger partial charge in [0.25, 0.3) is 0 Å². The molecule has 28 heavy (non-hydrogen) atoms. The molecule has 138 valence electrons. The molecule has 1 heterocycles. The highest BCUT2D eigenvalue weighted by atomic mass is 32.1. The van der Waals surface area contributed by atoms with E-state index in [-0.39, 0.29) is 11.5 Å². The summed E-state index contributed by atoms with van der Waals surface area (Å²) in [5.41, 5.74) is 3.55. The summed E-state index contributed by atoms with van der Waals surface area (Å²) in [7, 11) is 0. The van der Waals surface area contributed by atoms with E-state index in [1.165, 1.54) is 17.6 Å². The van der Waals surface area contributed by atoms with E-state index in [2.05, 4.69) is 6.58 Å². The second-order valence-corrected chi connectivity index (χ2v) is 7.54. The Morgan fingerprint density at radius 1 is 1.04 bits per heavy atom. The maximum Gasteiger partial charge on any atom is 0.203 e. The maximum atomic E-state index is 13.3. The van der Waals surface area contributed by atoms with Gasteiger partial charge in [-0.15, -0.1) is 11.3 Å². The third-order valence-electron chi connectivity index (χ3n) is 4.56. The molecule has 0 aliphatic rings. The zero-order valence-electron chi connectivity index (χ0n) is 15.3. The molecule has 3 aromatic carbocycles. The third-order valence-corrected chi connectivity index (χ3v) is 5.71. The number of rotatable bonds is 5. The summed E-state index contributed by atoms with van der Waals surface area (Å²) < 4.78 is 6.18. The second-order valence-electron chi connectivity index (χ2n) is 6.49. The van der Waals surface area contributed by atoms with Crippen molar-refractivity contribution in [2.75, 3.05) is 0 Å². The number of hydrogen-bond donors (Lipinski definition) is 1. The number of ether oxygens (including phenoxy) is 1. The van der Waals surface area contributed by atoms with Crippen molar-refractivity contribution >= 4 is 27.2 Å². The number of aromatic hydroxyl groups is 1. The van der Waals surface area contributed by atoms with E-state index >= 15 is 0 Å². The number of carbonyl (C=O) groups is 1. The van der Waals surface area contributed by atoms with Crippen LogP contribution in [0.2, 0.25) is 0 Å². The first kappa shape index (κ1) is 18.0. The number of phenols is 1. The zero-order valence-corrected chi connectivity index (χ0v) is 16.1. The molecule has 0 aliphatic heterocycles. The molecular weight excluding hydrogens is 368 g/mol. The lowest BCUT2D eigenvalue weighted by molar-refractivity contribution is 0.104. The van der Waals surface area contributed by atoms with Crippen LogP contribution in [0.15, 0.2) is 79.6 Å². The van der Waals surface area contributed by atoms with Gasteiger partial charge in [0, 0.05) is 21.2 Å². The summed E-state index contributed by atoms with van der Waals surface area (Å²) in [5.74, 6) is 0.841. The van der Waals surface area contributed by atoms with Crippen molar-refractivity contribution in [1.82, 2.24) is 0 Å². The van der Waals surface area contributed by atoms with Crippen LogP contribution >= 0.6 is 11.3 Å². The van der Waals surface area contributed by atoms with Gasteiger partial charge >= 0.3 is 0 Å². The fourth-order valence-electron chi connectivity index (χ4n) is 3.16. The quantitative estimate of drug-likeness (QED) is 0.322. The van der Waals surface area contributed by atoms with Gasteiger partial charge in [0.15, 0.2) is 0 Å².